The van der Waals surface area contributed by atoms with Crippen LogP contribution < -0.4 is 10.1 Å². The lowest BCUT2D eigenvalue weighted by Crippen LogP contribution is -2.06. The van der Waals surface area contributed by atoms with Crippen molar-refractivity contribution in [2.75, 3.05) is 18.5 Å². The van der Waals surface area contributed by atoms with Crippen molar-refractivity contribution < 1.29 is 9.84 Å². The average Bonchev–Trinajstić information content (AvgIpc) is 2.43. The second-order valence-corrected chi connectivity index (χ2v) is 4.27. The molecule has 0 heterocycles. The first-order valence-electron chi connectivity index (χ1n) is 6.53. The van der Waals surface area contributed by atoms with E-state index in [2.05, 4.69) is 5.32 Å². The number of nitrogens with one attached hydrogen (secondary N) is 1. The molecule has 0 unspecified atom stereocenters. The summed E-state index contributed by atoms with van der Waals surface area (Å²) in [6.45, 7) is 3.47. The first kappa shape index (κ1) is 13.3. The van der Waals surface area contributed by atoms with Gasteiger partial charge in [0, 0.05) is 6.54 Å². The fraction of sp³-hybridized carbons (Fsp3) is 0.250. The molecule has 0 amide bonds. The predicted octanol–water partition coefficient (Wildman–Crippen LogP) is 3.45. The van der Waals surface area contributed by atoms with Gasteiger partial charge in [0.1, 0.15) is 11.5 Å². The molecule has 0 radical (unpaired) electrons. The Balaban J connectivity index is 1.90. The maximum atomic E-state index is 9.22. The van der Waals surface area contributed by atoms with E-state index < -0.39 is 0 Å². The van der Waals surface area contributed by atoms with Crippen molar-refractivity contribution in [2.45, 2.75) is 13.3 Å². The van der Waals surface area contributed by atoms with E-state index in [4.69, 9.17) is 4.74 Å². The third kappa shape index (κ3) is 3.91. The Morgan fingerprint density at radius 3 is 2.53 bits per heavy atom. The highest BCUT2D eigenvalue weighted by Crippen LogP contribution is 2.23. The molecular weight excluding hydrogens is 238 g/mol. The summed E-state index contributed by atoms with van der Waals surface area (Å²) in [5.74, 6) is 1.19. The number of benzene rings is 2. The van der Waals surface area contributed by atoms with Crippen LogP contribution in [0.3, 0.4) is 0 Å². The molecule has 2 aromatic carbocycles. The van der Waals surface area contributed by atoms with E-state index in [1.54, 1.807) is 12.1 Å². The number of ether oxygens (including phenoxy) is 1. The second-order valence-electron chi connectivity index (χ2n) is 4.27. The Kier molecular flexibility index (Phi) is 4.67. The van der Waals surface area contributed by atoms with Gasteiger partial charge in [0.2, 0.25) is 0 Å². The maximum Gasteiger partial charge on any atom is 0.142 e. The summed E-state index contributed by atoms with van der Waals surface area (Å²) in [5, 5.41) is 12.6. The standard InChI is InChI=1S/C16H19NO2/c1-2-19-16-6-4-3-5-15(16)17-12-11-13-7-9-14(18)10-8-13/h3-10,17-18H,2,11-12H2,1H3. The van der Waals surface area contributed by atoms with Gasteiger partial charge in [-0.25, -0.2) is 0 Å². The maximum absolute atomic E-state index is 9.22. The number of anilines is 1. The molecule has 0 spiro atoms. The van der Waals surface area contributed by atoms with E-state index in [-0.39, 0.29) is 0 Å². The molecule has 0 aliphatic carbocycles. The van der Waals surface area contributed by atoms with Gasteiger partial charge in [0.25, 0.3) is 0 Å². The minimum absolute atomic E-state index is 0.304. The second kappa shape index (κ2) is 6.69. The van der Waals surface area contributed by atoms with Crippen LogP contribution >= 0.6 is 0 Å². The van der Waals surface area contributed by atoms with Crippen LogP contribution in [0.5, 0.6) is 11.5 Å². The van der Waals surface area contributed by atoms with Crippen molar-refractivity contribution >= 4 is 5.69 Å². The highest BCUT2D eigenvalue weighted by atomic mass is 16.5. The molecular formula is C16H19NO2. The van der Waals surface area contributed by atoms with Crippen LogP contribution in [0.4, 0.5) is 5.69 Å². The SMILES string of the molecule is CCOc1ccccc1NCCc1ccc(O)cc1. The fourth-order valence-corrected chi connectivity index (χ4v) is 1.90. The van der Waals surface area contributed by atoms with Crippen LogP contribution in [-0.4, -0.2) is 18.3 Å². The zero-order valence-corrected chi connectivity index (χ0v) is 11.1. The fourth-order valence-electron chi connectivity index (χ4n) is 1.90. The summed E-state index contributed by atoms with van der Waals surface area (Å²) < 4.78 is 5.56. The zero-order valence-electron chi connectivity index (χ0n) is 11.1. The van der Waals surface area contributed by atoms with E-state index in [1.165, 1.54) is 5.56 Å². The Morgan fingerprint density at radius 1 is 1.05 bits per heavy atom. The lowest BCUT2D eigenvalue weighted by Gasteiger charge is -2.12. The van der Waals surface area contributed by atoms with E-state index in [1.807, 2.05) is 43.3 Å². The molecule has 0 saturated carbocycles. The van der Waals surface area contributed by atoms with Gasteiger partial charge in [-0.05, 0) is 43.2 Å². The van der Waals surface area contributed by atoms with Gasteiger partial charge >= 0.3 is 0 Å². The van der Waals surface area contributed by atoms with Crippen molar-refractivity contribution in [3.8, 4) is 11.5 Å². The number of hydrogen-bond acceptors (Lipinski definition) is 3. The van der Waals surface area contributed by atoms with Crippen molar-refractivity contribution in [2.24, 2.45) is 0 Å². The van der Waals surface area contributed by atoms with Gasteiger partial charge in [-0.3, -0.25) is 0 Å². The highest BCUT2D eigenvalue weighted by molar-refractivity contribution is 5.56. The smallest absolute Gasteiger partial charge is 0.142 e. The summed E-state index contributed by atoms with van der Waals surface area (Å²) in [5.41, 5.74) is 2.21. The summed E-state index contributed by atoms with van der Waals surface area (Å²) >= 11 is 0. The molecule has 100 valence electrons. The molecule has 0 saturated heterocycles. The molecule has 19 heavy (non-hydrogen) atoms. The van der Waals surface area contributed by atoms with Gasteiger partial charge in [-0.1, -0.05) is 24.3 Å². The van der Waals surface area contributed by atoms with E-state index in [9.17, 15) is 5.11 Å². The summed E-state index contributed by atoms with van der Waals surface area (Å²) in [4.78, 5) is 0. The summed E-state index contributed by atoms with van der Waals surface area (Å²) in [6, 6.07) is 15.2. The first-order valence-corrected chi connectivity index (χ1v) is 6.53. The molecule has 0 fully saturated rings. The Labute approximate surface area is 113 Å². The van der Waals surface area contributed by atoms with Crippen molar-refractivity contribution in [3.05, 3.63) is 54.1 Å². The molecule has 2 aromatic rings. The molecule has 3 heteroatoms. The zero-order chi connectivity index (χ0) is 13.5. The Bertz CT molecular complexity index is 508. The normalized spacial score (nSPS) is 10.2. The third-order valence-electron chi connectivity index (χ3n) is 2.85. The molecule has 2 N–H and O–H groups in total. The number of phenols is 1. The topological polar surface area (TPSA) is 41.5 Å². The number of hydrogen-bond donors (Lipinski definition) is 2. The minimum atomic E-state index is 0.304. The van der Waals surface area contributed by atoms with Crippen LogP contribution in [-0.2, 0) is 6.42 Å². The van der Waals surface area contributed by atoms with Gasteiger partial charge < -0.3 is 15.2 Å². The average molecular weight is 257 g/mol. The number of rotatable bonds is 6. The molecule has 0 aliphatic rings. The van der Waals surface area contributed by atoms with Crippen LogP contribution in [0.2, 0.25) is 0 Å². The van der Waals surface area contributed by atoms with E-state index >= 15 is 0 Å². The van der Waals surface area contributed by atoms with Crippen LogP contribution in [0.25, 0.3) is 0 Å². The Hall–Kier alpha value is -2.16. The minimum Gasteiger partial charge on any atom is -0.508 e. The highest BCUT2D eigenvalue weighted by Gasteiger charge is 2.01. The van der Waals surface area contributed by atoms with Crippen LogP contribution in [0, 0.1) is 0 Å². The third-order valence-corrected chi connectivity index (χ3v) is 2.85. The Morgan fingerprint density at radius 2 is 1.79 bits per heavy atom. The van der Waals surface area contributed by atoms with Crippen LogP contribution in [0.15, 0.2) is 48.5 Å². The molecule has 2 rings (SSSR count). The lowest BCUT2D eigenvalue weighted by molar-refractivity contribution is 0.341. The predicted molar refractivity (Wildman–Crippen MR) is 77.9 cm³/mol. The van der Waals surface area contributed by atoms with E-state index in [0.717, 1.165) is 24.4 Å². The van der Waals surface area contributed by atoms with Gasteiger partial charge in [-0.2, -0.15) is 0 Å². The van der Waals surface area contributed by atoms with Crippen molar-refractivity contribution in [1.82, 2.24) is 0 Å². The quantitative estimate of drug-likeness (QED) is 0.833. The lowest BCUT2D eigenvalue weighted by atomic mass is 10.1. The van der Waals surface area contributed by atoms with Gasteiger partial charge in [-0.15, -0.1) is 0 Å². The van der Waals surface area contributed by atoms with Gasteiger partial charge in [0.05, 0.1) is 12.3 Å². The summed E-state index contributed by atoms with van der Waals surface area (Å²) in [6.07, 6.45) is 0.904. The number of aromatic hydroxyl groups is 1. The molecule has 0 aliphatic heterocycles. The van der Waals surface area contributed by atoms with Crippen LogP contribution in [0.1, 0.15) is 12.5 Å². The largest absolute Gasteiger partial charge is 0.508 e. The molecule has 3 nitrogen and oxygen atoms in total. The number of para-hydroxylation sites is 2. The number of phenolic OH excluding ortho intramolecular Hbond substituents is 1. The van der Waals surface area contributed by atoms with Crippen molar-refractivity contribution in [1.29, 1.82) is 0 Å². The van der Waals surface area contributed by atoms with Crippen molar-refractivity contribution in [3.63, 3.8) is 0 Å². The molecule has 0 bridgehead atoms. The molecule has 0 aromatic heterocycles. The molecule has 0 atom stereocenters. The first-order chi connectivity index (χ1) is 9.29. The monoisotopic (exact) mass is 257 g/mol. The summed E-state index contributed by atoms with van der Waals surface area (Å²) in [7, 11) is 0. The van der Waals surface area contributed by atoms with E-state index in [0.29, 0.717) is 12.4 Å². The van der Waals surface area contributed by atoms with Gasteiger partial charge in [0.15, 0.2) is 0 Å².